The Kier molecular flexibility index (Phi) is 4.83. The van der Waals surface area contributed by atoms with Crippen LogP contribution < -0.4 is 11.2 Å². The fourth-order valence-electron chi connectivity index (χ4n) is 3.43. The molecular weight excluding hydrogens is 442 g/mol. The lowest BCUT2D eigenvalue weighted by molar-refractivity contribution is -0.125. The molecule has 0 unspecified atom stereocenters. The summed E-state index contributed by atoms with van der Waals surface area (Å²) in [6, 6.07) is 3.65. The Labute approximate surface area is 180 Å². The minimum Gasteiger partial charge on any atom is -0.307 e. The Bertz CT molecular complexity index is 1490. The Morgan fingerprint density at radius 2 is 2.10 bits per heavy atom. The van der Waals surface area contributed by atoms with Crippen molar-refractivity contribution < 1.29 is 13.2 Å². The summed E-state index contributed by atoms with van der Waals surface area (Å²) < 4.78 is 28.0. The van der Waals surface area contributed by atoms with Gasteiger partial charge >= 0.3 is 11.4 Å². The quantitative estimate of drug-likeness (QED) is 0.576. The highest BCUT2D eigenvalue weighted by atomic mass is 32.2. The van der Waals surface area contributed by atoms with Gasteiger partial charge in [-0.2, -0.15) is 4.31 Å². The van der Waals surface area contributed by atoms with E-state index < -0.39 is 32.8 Å². The third-order valence-electron chi connectivity index (χ3n) is 5.04. The van der Waals surface area contributed by atoms with E-state index in [0.29, 0.717) is 9.18 Å². The monoisotopic (exact) mass is 459 g/mol. The molecule has 160 valence electrons. The molecule has 0 radical (unpaired) electrons. The summed E-state index contributed by atoms with van der Waals surface area (Å²) in [5.74, 6) is -0.770. The fraction of sp³-hybridized carbons (Fsp3) is 0.316. The molecule has 0 spiro atoms. The van der Waals surface area contributed by atoms with Gasteiger partial charge < -0.3 is 4.98 Å². The number of benzene rings is 1. The number of thiazole rings is 1. The number of nitrogens with zero attached hydrogens (tertiary/aromatic N) is 4. The number of aryl methyl sites for hydroxylation is 1. The zero-order valence-corrected chi connectivity index (χ0v) is 18.2. The van der Waals surface area contributed by atoms with E-state index in [-0.39, 0.29) is 35.2 Å². The molecule has 0 aliphatic heterocycles. The zero-order valence-electron chi connectivity index (χ0n) is 16.6. The van der Waals surface area contributed by atoms with Crippen molar-refractivity contribution in [2.24, 2.45) is 0 Å². The third-order valence-corrected chi connectivity index (χ3v) is 7.87. The first-order valence-electron chi connectivity index (χ1n) is 9.22. The van der Waals surface area contributed by atoms with Crippen LogP contribution in [0, 0.1) is 13.5 Å². The molecule has 10 nitrogen and oxygen atoms in total. The average molecular weight is 460 g/mol. The van der Waals surface area contributed by atoms with Crippen molar-refractivity contribution in [1.82, 2.24) is 18.8 Å². The Morgan fingerprint density at radius 1 is 1.39 bits per heavy atom. The lowest BCUT2D eigenvalue weighted by Crippen LogP contribution is -2.43. The van der Waals surface area contributed by atoms with Crippen LogP contribution in [0.1, 0.15) is 29.7 Å². The van der Waals surface area contributed by atoms with Crippen LogP contribution >= 0.6 is 11.3 Å². The fourth-order valence-corrected chi connectivity index (χ4v) is 5.94. The van der Waals surface area contributed by atoms with Crippen LogP contribution in [0.3, 0.4) is 0 Å². The maximum absolute atomic E-state index is 13.2. The molecule has 1 N–H and O–H groups in total. The van der Waals surface area contributed by atoms with Crippen molar-refractivity contribution in [2.45, 2.75) is 43.8 Å². The lowest BCUT2D eigenvalue weighted by Gasteiger charge is -2.22. The van der Waals surface area contributed by atoms with Gasteiger partial charge in [-0.05, 0) is 25.1 Å². The number of sulfonamides is 1. The van der Waals surface area contributed by atoms with Crippen molar-refractivity contribution in [2.75, 3.05) is 0 Å². The highest BCUT2D eigenvalue weighted by molar-refractivity contribution is 7.89. The van der Waals surface area contributed by atoms with Gasteiger partial charge in [0.25, 0.3) is 15.6 Å². The van der Waals surface area contributed by atoms with Crippen molar-refractivity contribution >= 4 is 38.2 Å². The molecule has 1 saturated carbocycles. The summed E-state index contributed by atoms with van der Waals surface area (Å²) >= 11 is 1.34. The van der Waals surface area contributed by atoms with Crippen LogP contribution in [0.4, 0.5) is 0 Å². The predicted molar refractivity (Wildman–Crippen MR) is 113 cm³/mol. The van der Waals surface area contributed by atoms with Crippen LogP contribution in [0.2, 0.25) is 0 Å². The molecule has 0 atom stereocenters. The number of amides is 1. The van der Waals surface area contributed by atoms with Crippen LogP contribution in [-0.4, -0.2) is 38.8 Å². The minimum absolute atomic E-state index is 0.00695. The second kappa shape index (κ2) is 7.14. The van der Waals surface area contributed by atoms with Gasteiger partial charge in [0.05, 0.1) is 40.2 Å². The number of rotatable bonds is 5. The smallest absolute Gasteiger partial charge is 0.307 e. The summed E-state index contributed by atoms with van der Waals surface area (Å²) in [4.78, 5) is 48.0. The Balaban J connectivity index is 1.85. The van der Waals surface area contributed by atoms with Gasteiger partial charge in [-0.1, -0.05) is 0 Å². The second-order valence-corrected chi connectivity index (χ2v) is 10.4. The van der Waals surface area contributed by atoms with E-state index in [9.17, 15) is 22.8 Å². The van der Waals surface area contributed by atoms with Gasteiger partial charge in [0.15, 0.2) is 0 Å². The first-order valence-corrected chi connectivity index (χ1v) is 11.5. The summed E-state index contributed by atoms with van der Waals surface area (Å²) in [6.45, 7) is 10.2. The second-order valence-electron chi connectivity index (χ2n) is 7.26. The first-order chi connectivity index (χ1) is 14.6. The number of fused-ring (bicyclic) bond motifs is 1. The van der Waals surface area contributed by atoms with Gasteiger partial charge in [-0.15, -0.1) is 11.3 Å². The minimum atomic E-state index is -4.37. The number of carbonyl (C=O) groups excluding carboxylic acids is 1. The summed E-state index contributed by atoms with van der Waals surface area (Å²) in [5.41, 5.74) is -2.53. The molecule has 3 aromatic rings. The number of carbonyl (C=O) groups is 1. The third kappa shape index (κ3) is 3.45. The van der Waals surface area contributed by atoms with E-state index in [0.717, 1.165) is 22.6 Å². The van der Waals surface area contributed by atoms with E-state index in [2.05, 4.69) is 14.8 Å². The average Bonchev–Trinajstić information content (AvgIpc) is 3.37. The molecule has 1 aliphatic carbocycles. The summed E-state index contributed by atoms with van der Waals surface area (Å²) in [6.07, 6.45) is 2.09. The van der Waals surface area contributed by atoms with Gasteiger partial charge in [0.2, 0.25) is 5.91 Å². The maximum atomic E-state index is 13.2. The van der Waals surface area contributed by atoms with Gasteiger partial charge in [-0.25, -0.2) is 24.8 Å². The Hall–Kier alpha value is -3.30. The molecule has 2 heterocycles. The Morgan fingerprint density at radius 3 is 2.65 bits per heavy atom. The summed E-state index contributed by atoms with van der Waals surface area (Å²) in [7, 11) is -4.37. The van der Waals surface area contributed by atoms with E-state index in [1.165, 1.54) is 23.5 Å². The highest BCUT2D eigenvalue weighted by Crippen LogP contribution is 2.46. The van der Waals surface area contributed by atoms with Crippen molar-refractivity contribution in [3.8, 4) is 0 Å². The van der Waals surface area contributed by atoms with E-state index >= 15 is 0 Å². The molecule has 1 aliphatic rings. The largest absolute Gasteiger partial charge is 0.329 e. The molecule has 1 fully saturated rings. The van der Waals surface area contributed by atoms with Crippen LogP contribution in [0.25, 0.3) is 15.7 Å². The normalized spacial score (nSPS) is 14.9. The number of hydrogen-bond donors (Lipinski definition) is 1. The molecule has 4 rings (SSSR count). The first kappa shape index (κ1) is 21.0. The molecule has 12 heteroatoms. The van der Waals surface area contributed by atoms with Crippen molar-refractivity contribution in [1.29, 1.82) is 0 Å². The SMILES string of the molecule is [C-]#[N+]C1(N(C(C)=O)S(=O)(=O)c2ccc3[nH]c(=O)n(Cc4cnc(C)s4)c(=O)c3c2)CC1. The number of hydrogen-bond acceptors (Lipinski definition) is 7. The van der Waals surface area contributed by atoms with Crippen molar-refractivity contribution in [3.05, 3.63) is 66.5 Å². The molecule has 2 aromatic heterocycles. The number of aromatic nitrogens is 3. The van der Waals surface area contributed by atoms with Crippen LogP contribution in [-0.2, 0) is 21.4 Å². The van der Waals surface area contributed by atoms with Gasteiger partial charge in [-0.3, -0.25) is 19.0 Å². The highest BCUT2D eigenvalue weighted by Gasteiger charge is 2.62. The topological polar surface area (TPSA) is 127 Å². The number of H-pyrrole nitrogens is 1. The number of aromatic amines is 1. The van der Waals surface area contributed by atoms with Gasteiger partial charge in [0.1, 0.15) is 0 Å². The van der Waals surface area contributed by atoms with E-state index in [4.69, 9.17) is 6.57 Å². The predicted octanol–water partition coefficient (Wildman–Crippen LogP) is 1.45. The van der Waals surface area contributed by atoms with E-state index in [1.807, 2.05) is 0 Å². The van der Waals surface area contributed by atoms with E-state index in [1.54, 1.807) is 13.1 Å². The molecule has 1 amide bonds. The van der Waals surface area contributed by atoms with Crippen molar-refractivity contribution in [3.63, 3.8) is 0 Å². The number of nitrogens with one attached hydrogen (secondary N) is 1. The van der Waals surface area contributed by atoms with Gasteiger partial charge in [0, 0.05) is 18.0 Å². The van der Waals surface area contributed by atoms with Crippen LogP contribution in [0.15, 0.2) is 38.9 Å². The summed E-state index contributed by atoms with van der Waals surface area (Å²) in [5, 5.41) is 0.768. The molecular formula is C19H17N5O5S2. The lowest BCUT2D eigenvalue weighted by atomic mass is 10.2. The standard InChI is InChI=1S/C19H17N5O5S2/c1-11-21-9-13(30-11)10-23-17(26)15-8-14(4-5-16(15)22-18(23)27)31(28,29)24(12(2)25)19(20-3)6-7-19/h4-5,8-9H,6-7,10H2,1-2H3,(H,22,27). The zero-order chi connectivity index (χ0) is 22.6. The molecule has 1 aromatic carbocycles. The maximum Gasteiger partial charge on any atom is 0.329 e. The molecule has 31 heavy (non-hydrogen) atoms. The molecule has 0 bridgehead atoms. The molecule has 0 saturated heterocycles. The van der Waals surface area contributed by atoms with Crippen LogP contribution in [0.5, 0.6) is 0 Å².